The van der Waals surface area contributed by atoms with Crippen molar-refractivity contribution in [3.05, 3.63) is 112 Å². The van der Waals surface area contributed by atoms with Crippen LogP contribution in [-0.2, 0) is 22.5 Å². The van der Waals surface area contributed by atoms with E-state index in [0.717, 1.165) is 6.54 Å². The molecule has 0 aliphatic carbocycles. The number of hydrogen-bond acceptors (Lipinski definition) is 3. The van der Waals surface area contributed by atoms with Crippen molar-refractivity contribution in [2.24, 2.45) is 0 Å². The predicted molar refractivity (Wildman–Crippen MR) is 158 cm³/mol. The van der Waals surface area contributed by atoms with E-state index < -0.39 is 0 Å². The maximum atomic E-state index is 5.48. The van der Waals surface area contributed by atoms with Crippen LogP contribution in [0, 0.1) is 27.4 Å². The summed E-state index contributed by atoms with van der Waals surface area (Å²) < 4.78 is 0. The van der Waals surface area contributed by atoms with E-state index in [1.807, 2.05) is 0 Å². The molecule has 2 heterocycles. The third kappa shape index (κ3) is 9.61. The number of para-hydroxylation sites is 1. The molecule has 1 aliphatic heterocycles. The average Bonchev–Trinajstić information content (AvgIpc) is 3.30. The van der Waals surface area contributed by atoms with Gasteiger partial charge in [0.15, 0.2) is 0 Å². The number of pyridine rings is 1. The van der Waals surface area contributed by atoms with Crippen molar-refractivity contribution >= 4 is 36.3 Å². The fourth-order valence-electron chi connectivity index (χ4n) is 4.41. The van der Waals surface area contributed by atoms with Crippen molar-refractivity contribution in [2.75, 3.05) is 4.90 Å². The predicted octanol–water partition coefficient (Wildman–Crippen LogP) is 9.88. The molecule has 0 radical (unpaired) electrons. The molecule has 0 fully saturated rings. The molecular weight excluding hydrogens is 615 g/mol. The van der Waals surface area contributed by atoms with Crippen LogP contribution in [0.2, 0.25) is 5.02 Å². The summed E-state index contributed by atoms with van der Waals surface area (Å²) in [6, 6.07) is 14.9. The van der Waals surface area contributed by atoms with Crippen LogP contribution in [0.25, 0.3) is 0 Å². The summed E-state index contributed by atoms with van der Waals surface area (Å²) in [6.07, 6.45) is 7.68. The molecular formula is C30H37Cl3N3Pd-. The molecule has 37 heavy (non-hydrogen) atoms. The Kier molecular flexibility index (Phi) is 13.5. The van der Waals surface area contributed by atoms with E-state index in [0.29, 0.717) is 16.9 Å². The first-order valence-corrected chi connectivity index (χ1v) is 16.6. The zero-order chi connectivity index (χ0) is 27.5. The van der Waals surface area contributed by atoms with Crippen LogP contribution in [0.4, 0.5) is 5.69 Å². The van der Waals surface area contributed by atoms with Gasteiger partial charge in [0.1, 0.15) is 0 Å². The Morgan fingerprint density at radius 2 is 1.46 bits per heavy atom. The summed E-state index contributed by atoms with van der Waals surface area (Å²) in [4.78, 5) is 8.36. The third-order valence-corrected chi connectivity index (χ3v) is 6.32. The number of halogens is 3. The topological polar surface area (TPSA) is 19.4 Å². The van der Waals surface area contributed by atoms with Gasteiger partial charge in [-0.1, -0.05) is 75.2 Å². The minimum absolute atomic E-state index is 0.106. The van der Waals surface area contributed by atoms with E-state index in [1.165, 1.54) is 39.1 Å². The van der Waals surface area contributed by atoms with Crippen LogP contribution in [0.1, 0.15) is 72.9 Å². The Balaban J connectivity index is 0.000000404. The van der Waals surface area contributed by atoms with E-state index in [1.54, 1.807) is 24.5 Å². The van der Waals surface area contributed by atoms with E-state index in [2.05, 4.69) is 113 Å². The number of aryl methyl sites for hydroxylation is 3. The van der Waals surface area contributed by atoms with Gasteiger partial charge in [-0.25, -0.2) is 0 Å². The molecule has 4 rings (SSSR count). The maximum absolute atomic E-state index is 5.48. The van der Waals surface area contributed by atoms with Gasteiger partial charge in [-0.05, 0) is 85.0 Å². The van der Waals surface area contributed by atoms with Crippen LogP contribution in [-0.4, -0.2) is 9.88 Å². The summed E-state index contributed by atoms with van der Waals surface area (Å²) >= 11 is 5.37. The molecule has 0 amide bonds. The fourth-order valence-corrected chi connectivity index (χ4v) is 4.54. The fraction of sp³-hybridized carbons (Fsp3) is 0.333. The number of hydrogen-bond donors (Lipinski definition) is 0. The van der Waals surface area contributed by atoms with Gasteiger partial charge in [0.05, 0.1) is 5.02 Å². The molecule has 0 atom stereocenters. The van der Waals surface area contributed by atoms with Gasteiger partial charge in [0.25, 0.3) is 0 Å². The zero-order valence-corrected chi connectivity index (χ0v) is 26.4. The number of nitrogens with zero attached hydrogens (tertiary/aromatic N) is 3. The first-order chi connectivity index (χ1) is 17.6. The first-order valence-electron chi connectivity index (χ1n) is 12.2. The molecule has 2 aromatic carbocycles. The van der Waals surface area contributed by atoms with Gasteiger partial charge in [-0.15, -0.1) is 0 Å². The van der Waals surface area contributed by atoms with Crippen molar-refractivity contribution in [3.63, 3.8) is 0 Å². The number of aromatic nitrogens is 1. The molecule has 7 heteroatoms. The molecule has 1 aromatic heterocycles. The second-order valence-corrected chi connectivity index (χ2v) is 12.5. The first kappa shape index (κ1) is 31.7. The van der Waals surface area contributed by atoms with Crippen molar-refractivity contribution < 1.29 is 15.9 Å². The molecule has 0 saturated carbocycles. The van der Waals surface area contributed by atoms with Crippen LogP contribution in [0.15, 0.2) is 67.3 Å². The molecule has 0 bridgehead atoms. The van der Waals surface area contributed by atoms with E-state index in [9.17, 15) is 0 Å². The summed E-state index contributed by atoms with van der Waals surface area (Å²) in [7, 11) is 9.63. The summed E-state index contributed by atoms with van der Waals surface area (Å²) in [5.74, 6) is 0.993. The quantitative estimate of drug-likeness (QED) is 0.202. The third-order valence-electron chi connectivity index (χ3n) is 6.10. The molecule has 204 valence electrons. The number of benzene rings is 2. The Bertz CT molecular complexity index is 1100. The van der Waals surface area contributed by atoms with Gasteiger partial charge in [-0.2, -0.15) is 6.67 Å². The second-order valence-electron chi connectivity index (χ2n) is 9.68. The number of anilines is 1. The minimum atomic E-state index is -0.106. The normalized spacial score (nSPS) is 12.5. The van der Waals surface area contributed by atoms with Gasteiger partial charge in [0.2, 0.25) is 0 Å². The van der Waals surface area contributed by atoms with E-state index in [4.69, 9.17) is 30.7 Å². The van der Waals surface area contributed by atoms with Gasteiger partial charge < -0.3 is 9.80 Å². The Hall–Kier alpha value is -1.54. The number of rotatable bonds is 5. The zero-order valence-electron chi connectivity index (χ0n) is 22.6. The van der Waals surface area contributed by atoms with E-state index >= 15 is 0 Å². The van der Waals surface area contributed by atoms with Crippen LogP contribution in [0.3, 0.4) is 0 Å². The molecule has 3 nitrogen and oxygen atoms in total. The van der Waals surface area contributed by atoms with Crippen LogP contribution in [0.5, 0.6) is 0 Å². The summed E-state index contributed by atoms with van der Waals surface area (Å²) in [5.41, 5.74) is 9.67. The average molecular weight is 652 g/mol. The molecule has 0 unspecified atom stereocenters. The van der Waals surface area contributed by atoms with Crippen molar-refractivity contribution in [1.82, 2.24) is 9.88 Å². The monoisotopic (exact) mass is 650 g/mol. The van der Waals surface area contributed by atoms with E-state index in [-0.39, 0.29) is 15.9 Å². The summed E-state index contributed by atoms with van der Waals surface area (Å²) in [5, 5.41) is 0.683. The Morgan fingerprint density at radius 1 is 0.892 bits per heavy atom. The molecule has 1 aliphatic rings. The van der Waals surface area contributed by atoms with Gasteiger partial charge in [-0.3, -0.25) is 4.98 Å². The standard InChI is InChI=1S/C25H33N2.C5H4ClN.2ClH.Pd/c1-17(2)22-9-8-10-23(18(3)4)25(22)27-12-11-26(16-27)15-24-20(6)13-19(5)14-21(24)7;6-5-2-1-3-7-4-5;;;/h8-14,16-18H,15H2,1-7H3;1-4H;2*1H;/q-1;;;;+2/p-2. The van der Waals surface area contributed by atoms with Gasteiger partial charge >= 0.3 is 35.0 Å². The van der Waals surface area contributed by atoms with Crippen molar-refractivity contribution in [3.8, 4) is 0 Å². The van der Waals surface area contributed by atoms with Gasteiger partial charge in [0, 0.05) is 24.6 Å². The Labute approximate surface area is 244 Å². The SMILES string of the molecule is Cc1cc(C)c(CN2C=CN(c3c(C(C)C)cccc3C(C)C)[CH-]2)c(C)c1.Clc1cccnc1.[Cl][Pd][Cl]. The molecule has 3 aromatic rings. The molecule has 0 N–H and O–H groups in total. The van der Waals surface area contributed by atoms with Crippen molar-refractivity contribution in [2.45, 2.75) is 66.8 Å². The Morgan fingerprint density at radius 3 is 1.89 bits per heavy atom. The van der Waals surface area contributed by atoms with Crippen LogP contribution < -0.4 is 4.90 Å². The summed E-state index contributed by atoms with van der Waals surface area (Å²) in [6.45, 7) is 18.9. The van der Waals surface area contributed by atoms with Crippen LogP contribution >= 0.6 is 30.7 Å². The second kappa shape index (κ2) is 15.8. The molecule has 0 saturated heterocycles. The van der Waals surface area contributed by atoms with Crippen molar-refractivity contribution in [1.29, 1.82) is 0 Å². The molecule has 0 spiro atoms.